The van der Waals surface area contributed by atoms with Crippen molar-refractivity contribution >= 4 is 5.78 Å². The second kappa shape index (κ2) is 4.83. The predicted molar refractivity (Wildman–Crippen MR) is 76.4 cm³/mol. The lowest BCUT2D eigenvalue weighted by Crippen LogP contribution is -2.38. The topological polar surface area (TPSA) is 17.1 Å². The molecule has 0 radical (unpaired) electrons. The van der Waals surface area contributed by atoms with Crippen LogP contribution in [0, 0.1) is 23.2 Å². The van der Waals surface area contributed by atoms with Crippen molar-refractivity contribution in [2.75, 3.05) is 0 Å². The van der Waals surface area contributed by atoms with E-state index in [-0.39, 0.29) is 5.92 Å². The number of allylic oxidation sites excluding steroid dienone is 2. The van der Waals surface area contributed by atoms with Crippen molar-refractivity contribution < 1.29 is 4.79 Å². The van der Waals surface area contributed by atoms with Crippen LogP contribution in [-0.2, 0) is 4.79 Å². The standard InChI is InChI=1S/C17H28O/c1-6-15(18)14-10-13-8-7-9-17(4,5)16(13)12(3)11(14)2/h11-12,14H,6-10H2,1-5H3/t11-,12+,14?/m0/s1. The highest BCUT2D eigenvalue weighted by atomic mass is 16.1. The van der Waals surface area contributed by atoms with Crippen molar-refractivity contribution in [3.05, 3.63) is 11.1 Å². The summed E-state index contributed by atoms with van der Waals surface area (Å²) in [5.74, 6) is 1.88. The van der Waals surface area contributed by atoms with Gasteiger partial charge in [-0.1, -0.05) is 45.8 Å². The normalized spacial score (nSPS) is 35.3. The van der Waals surface area contributed by atoms with Gasteiger partial charge in [-0.05, 0) is 42.9 Å². The van der Waals surface area contributed by atoms with Crippen molar-refractivity contribution in [1.82, 2.24) is 0 Å². The second-order valence-corrected chi connectivity index (χ2v) is 7.03. The summed E-state index contributed by atoms with van der Waals surface area (Å²) >= 11 is 0. The Morgan fingerprint density at radius 1 is 1.33 bits per heavy atom. The first-order valence-corrected chi connectivity index (χ1v) is 7.63. The summed E-state index contributed by atoms with van der Waals surface area (Å²) in [5, 5.41) is 0. The zero-order valence-electron chi connectivity index (χ0n) is 12.7. The smallest absolute Gasteiger partial charge is 0.136 e. The Morgan fingerprint density at radius 3 is 2.61 bits per heavy atom. The molecule has 0 heterocycles. The SMILES string of the molecule is CCC(=O)C1CC2=C([C@H](C)[C@@H]1C)C(C)(C)CCC2. The zero-order chi connectivity index (χ0) is 13.5. The molecule has 2 aliphatic carbocycles. The van der Waals surface area contributed by atoms with E-state index in [1.165, 1.54) is 19.3 Å². The Morgan fingerprint density at radius 2 is 2.00 bits per heavy atom. The third kappa shape index (κ3) is 2.17. The molecule has 0 aliphatic heterocycles. The first-order chi connectivity index (χ1) is 8.38. The zero-order valence-corrected chi connectivity index (χ0v) is 12.7. The lowest BCUT2D eigenvalue weighted by atomic mass is 9.58. The highest BCUT2D eigenvalue weighted by molar-refractivity contribution is 5.81. The average molecular weight is 248 g/mol. The minimum absolute atomic E-state index is 0.289. The molecule has 0 fully saturated rings. The Hall–Kier alpha value is -0.590. The Kier molecular flexibility index (Phi) is 3.71. The molecule has 2 rings (SSSR count). The van der Waals surface area contributed by atoms with Gasteiger partial charge in [0.25, 0.3) is 0 Å². The Labute approximate surface area is 112 Å². The first-order valence-electron chi connectivity index (χ1n) is 7.63. The van der Waals surface area contributed by atoms with Crippen LogP contribution >= 0.6 is 0 Å². The van der Waals surface area contributed by atoms with Crippen LogP contribution in [0.2, 0.25) is 0 Å². The molecular formula is C17H28O. The molecule has 102 valence electrons. The van der Waals surface area contributed by atoms with Gasteiger partial charge in [-0.2, -0.15) is 0 Å². The molecule has 0 aromatic carbocycles. The van der Waals surface area contributed by atoms with E-state index >= 15 is 0 Å². The molecular weight excluding hydrogens is 220 g/mol. The quantitative estimate of drug-likeness (QED) is 0.644. The molecule has 1 unspecified atom stereocenters. The maximum atomic E-state index is 12.1. The summed E-state index contributed by atoms with van der Waals surface area (Å²) in [7, 11) is 0. The van der Waals surface area contributed by atoms with E-state index in [1.54, 1.807) is 11.1 Å². The molecule has 18 heavy (non-hydrogen) atoms. The van der Waals surface area contributed by atoms with Crippen LogP contribution in [0.4, 0.5) is 0 Å². The van der Waals surface area contributed by atoms with Crippen molar-refractivity contribution in [3.8, 4) is 0 Å². The number of carbonyl (C=O) groups excluding carboxylic acids is 1. The molecule has 0 aromatic rings. The molecule has 0 N–H and O–H groups in total. The lowest BCUT2D eigenvalue weighted by Gasteiger charge is -2.46. The number of hydrogen-bond acceptors (Lipinski definition) is 1. The lowest BCUT2D eigenvalue weighted by molar-refractivity contribution is -0.124. The van der Waals surface area contributed by atoms with Crippen molar-refractivity contribution in [2.24, 2.45) is 23.2 Å². The third-order valence-electron chi connectivity index (χ3n) is 5.50. The van der Waals surface area contributed by atoms with E-state index < -0.39 is 0 Å². The number of hydrogen-bond donors (Lipinski definition) is 0. The fraction of sp³-hybridized carbons (Fsp3) is 0.824. The van der Waals surface area contributed by atoms with Crippen LogP contribution in [0.1, 0.15) is 66.7 Å². The van der Waals surface area contributed by atoms with Crippen LogP contribution in [-0.4, -0.2) is 5.78 Å². The van der Waals surface area contributed by atoms with Gasteiger partial charge in [-0.3, -0.25) is 4.79 Å². The van der Waals surface area contributed by atoms with Gasteiger partial charge in [0, 0.05) is 12.3 Å². The molecule has 0 saturated heterocycles. The highest BCUT2D eigenvalue weighted by Crippen LogP contribution is 2.52. The fourth-order valence-electron chi connectivity index (χ4n) is 4.37. The minimum atomic E-state index is 0.289. The largest absolute Gasteiger partial charge is 0.299 e. The van der Waals surface area contributed by atoms with E-state index in [1.807, 2.05) is 6.92 Å². The van der Waals surface area contributed by atoms with Crippen LogP contribution in [0.3, 0.4) is 0 Å². The van der Waals surface area contributed by atoms with Gasteiger partial charge in [-0.15, -0.1) is 0 Å². The number of carbonyl (C=O) groups is 1. The number of rotatable bonds is 2. The Bertz CT molecular complexity index is 375. The molecule has 1 heteroatoms. The van der Waals surface area contributed by atoms with Gasteiger partial charge in [0.2, 0.25) is 0 Å². The summed E-state index contributed by atoms with van der Waals surface area (Å²) in [5.41, 5.74) is 3.69. The van der Waals surface area contributed by atoms with Crippen LogP contribution in [0.25, 0.3) is 0 Å². The Balaban J connectivity index is 2.36. The summed E-state index contributed by atoms with van der Waals surface area (Å²) in [6.07, 6.45) is 5.61. The average Bonchev–Trinajstić information content (AvgIpc) is 2.31. The molecule has 0 saturated carbocycles. The highest BCUT2D eigenvalue weighted by Gasteiger charge is 2.42. The van der Waals surface area contributed by atoms with Gasteiger partial charge in [-0.25, -0.2) is 0 Å². The van der Waals surface area contributed by atoms with E-state index in [0.29, 0.717) is 29.5 Å². The van der Waals surface area contributed by atoms with Crippen LogP contribution in [0.15, 0.2) is 11.1 Å². The van der Waals surface area contributed by atoms with Crippen molar-refractivity contribution in [2.45, 2.75) is 66.7 Å². The monoisotopic (exact) mass is 248 g/mol. The van der Waals surface area contributed by atoms with E-state index in [9.17, 15) is 4.79 Å². The molecule has 1 nitrogen and oxygen atoms in total. The molecule has 0 amide bonds. The number of ketones is 1. The number of Topliss-reactive ketones (excluding diaryl/α,β-unsaturated/α-hetero) is 1. The maximum Gasteiger partial charge on any atom is 0.136 e. The van der Waals surface area contributed by atoms with E-state index in [4.69, 9.17) is 0 Å². The predicted octanol–water partition coefficient (Wildman–Crippen LogP) is 4.76. The summed E-state index contributed by atoms with van der Waals surface area (Å²) in [4.78, 5) is 12.1. The minimum Gasteiger partial charge on any atom is -0.299 e. The molecule has 0 bridgehead atoms. The molecule has 2 aliphatic rings. The van der Waals surface area contributed by atoms with E-state index in [0.717, 1.165) is 6.42 Å². The second-order valence-electron chi connectivity index (χ2n) is 7.03. The summed E-state index contributed by atoms with van der Waals surface area (Å²) in [6, 6.07) is 0. The van der Waals surface area contributed by atoms with Crippen molar-refractivity contribution in [1.29, 1.82) is 0 Å². The van der Waals surface area contributed by atoms with Crippen LogP contribution in [0.5, 0.6) is 0 Å². The third-order valence-corrected chi connectivity index (χ3v) is 5.50. The van der Waals surface area contributed by atoms with Crippen LogP contribution < -0.4 is 0 Å². The molecule has 0 spiro atoms. The van der Waals surface area contributed by atoms with Gasteiger partial charge >= 0.3 is 0 Å². The molecule has 3 atom stereocenters. The summed E-state index contributed by atoms with van der Waals surface area (Å²) in [6.45, 7) is 11.4. The van der Waals surface area contributed by atoms with Gasteiger partial charge in [0.15, 0.2) is 0 Å². The maximum absolute atomic E-state index is 12.1. The first kappa shape index (κ1) is 13.8. The van der Waals surface area contributed by atoms with E-state index in [2.05, 4.69) is 27.7 Å². The van der Waals surface area contributed by atoms with Crippen molar-refractivity contribution in [3.63, 3.8) is 0 Å². The van der Waals surface area contributed by atoms with Gasteiger partial charge in [0.05, 0.1) is 0 Å². The summed E-state index contributed by atoms with van der Waals surface area (Å²) < 4.78 is 0. The molecule has 0 aromatic heterocycles. The van der Waals surface area contributed by atoms with Gasteiger partial charge < -0.3 is 0 Å². The fourth-order valence-corrected chi connectivity index (χ4v) is 4.37. The van der Waals surface area contributed by atoms with Gasteiger partial charge in [0.1, 0.15) is 5.78 Å².